The third kappa shape index (κ3) is 4.57. The SMILES string of the molecule is C=C(C)CCOc1ccc(CNC2CC2)cn1. The van der Waals surface area contributed by atoms with E-state index >= 15 is 0 Å². The molecule has 0 unspecified atom stereocenters. The molecule has 1 N–H and O–H groups in total. The van der Waals surface area contributed by atoms with E-state index in [0.29, 0.717) is 12.5 Å². The Labute approximate surface area is 103 Å². The Morgan fingerprint density at radius 1 is 1.53 bits per heavy atom. The number of hydrogen-bond acceptors (Lipinski definition) is 3. The third-order valence-electron chi connectivity index (χ3n) is 2.75. The molecule has 0 saturated heterocycles. The monoisotopic (exact) mass is 232 g/mol. The van der Waals surface area contributed by atoms with Gasteiger partial charge in [0.05, 0.1) is 6.61 Å². The zero-order valence-corrected chi connectivity index (χ0v) is 10.4. The molecule has 0 amide bonds. The lowest BCUT2D eigenvalue weighted by Gasteiger charge is -2.06. The van der Waals surface area contributed by atoms with Gasteiger partial charge in [0, 0.05) is 31.3 Å². The highest BCUT2D eigenvalue weighted by atomic mass is 16.5. The highest BCUT2D eigenvalue weighted by Gasteiger charge is 2.19. The first-order valence-electron chi connectivity index (χ1n) is 6.19. The topological polar surface area (TPSA) is 34.1 Å². The zero-order chi connectivity index (χ0) is 12.1. The van der Waals surface area contributed by atoms with Gasteiger partial charge in [-0.3, -0.25) is 0 Å². The van der Waals surface area contributed by atoms with Crippen molar-refractivity contribution >= 4 is 0 Å². The summed E-state index contributed by atoms with van der Waals surface area (Å²) < 4.78 is 5.52. The van der Waals surface area contributed by atoms with Crippen molar-refractivity contribution < 1.29 is 4.74 Å². The van der Waals surface area contributed by atoms with Crippen molar-refractivity contribution in [2.75, 3.05) is 6.61 Å². The van der Waals surface area contributed by atoms with Crippen LogP contribution >= 0.6 is 0 Å². The Morgan fingerprint density at radius 3 is 2.94 bits per heavy atom. The number of rotatable bonds is 7. The fraction of sp³-hybridized carbons (Fsp3) is 0.500. The van der Waals surface area contributed by atoms with E-state index in [4.69, 9.17) is 4.74 Å². The van der Waals surface area contributed by atoms with Crippen LogP contribution in [0.5, 0.6) is 5.88 Å². The molecule has 0 aromatic carbocycles. The van der Waals surface area contributed by atoms with Crippen molar-refractivity contribution in [2.24, 2.45) is 0 Å². The minimum absolute atomic E-state index is 0.655. The molecule has 1 aliphatic rings. The van der Waals surface area contributed by atoms with Crippen molar-refractivity contribution in [2.45, 2.75) is 38.8 Å². The number of nitrogens with zero attached hydrogens (tertiary/aromatic N) is 1. The van der Waals surface area contributed by atoms with Gasteiger partial charge in [-0.15, -0.1) is 6.58 Å². The molecule has 1 heterocycles. The second-order valence-corrected chi connectivity index (χ2v) is 4.72. The van der Waals surface area contributed by atoms with Gasteiger partial charge in [0.25, 0.3) is 0 Å². The Bertz CT molecular complexity index is 368. The van der Waals surface area contributed by atoms with E-state index < -0.39 is 0 Å². The van der Waals surface area contributed by atoms with Crippen LogP contribution in [0.3, 0.4) is 0 Å². The Kier molecular flexibility index (Phi) is 4.15. The standard InChI is InChI=1S/C14H20N2O/c1-11(2)7-8-17-14-6-3-12(10-16-14)9-15-13-4-5-13/h3,6,10,13,15H,1,4-5,7-9H2,2H3. The summed E-state index contributed by atoms with van der Waals surface area (Å²) in [6.45, 7) is 7.40. The summed E-state index contributed by atoms with van der Waals surface area (Å²) in [5.74, 6) is 0.696. The largest absolute Gasteiger partial charge is 0.477 e. The Hall–Kier alpha value is -1.35. The maximum Gasteiger partial charge on any atom is 0.213 e. The maximum absolute atomic E-state index is 5.52. The molecule has 0 aliphatic heterocycles. The van der Waals surface area contributed by atoms with E-state index in [1.54, 1.807) is 0 Å². The summed E-state index contributed by atoms with van der Waals surface area (Å²) in [5, 5.41) is 3.46. The number of pyridine rings is 1. The quantitative estimate of drug-likeness (QED) is 0.734. The van der Waals surface area contributed by atoms with Crippen molar-refractivity contribution in [3.63, 3.8) is 0 Å². The molecule has 1 fully saturated rings. The van der Waals surface area contributed by atoms with Gasteiger partial charge in [-0.1, -0.05) is 11.6 Å². The second kappa shape index (κ2) is 5.82. The fourth-order valence-corrected chi connectivity index (χ4v) is 1.48. The zero-order valence-electron chi connectivity index (χ0n) is 10.4. The van der Waals surface area contributed by atoms with Gasteiger partial charge in [0.15, 0.2) is 0 Å². The first-order chi connectivity index (χ1) is 8.24. The smallest absolute Gasteiger partial charge is 0.213 e. The van der Waals surface area contributed by atoms with E-state index in [1.165, 1.54) is 18.4 Å². The third-order valence-corrected chi connectivity index (χ3v) is 2.75. The average Bonchev–Trinajstić information content (AvgIpc) is 3.11. The van der Waals surface area contributed by atoms with E-state index in [9.17, 15) is 0 Å². The molecule has 17 heavy (non-hydrogen) atoms. The van der Waals surface area contributed by atoms with Crippen LogP contribution in [0.25, 0.3) is 0 Å². The van der Waals surface area contributed by atoms with Gasteiger partial charge < -0.3 is 10.1 Å². The minimum atomic E-state index is 0.655. The van der Waals surface area contributed by atoms with E-state index in [0.717, 1.165) is 24.6 Å². The summed E-state index contributed by atoms with van der Waals surface area (Å²) in [6, 6.07) is 4.74. The first-order valence-corrected chi connectivity index (χ1v) is 6.19. The molecule has 1 aromatic rings. The Morgan fingerprint density at radius 2 is 2.35 bits per heavy atom. The van der Waals surface area contributed by atoms with Gasteiger partial charge in [-0.2, -0.15) is 0 Å². The summed E-state index contributed by atoms with van der Waals surface area (Å²) in [7, 11) is 0. The molecule has 92 valence electrons. The van der Waals surface area contributed by atoms with Gasteiger partial charge in [0.1, 0.15) is 0 Å². The van der Waals surface area contributed by atoms with Crippen LogP contribution in [-0.4, -0.2) is 17.6 Å². The number of hydrogen-bond donors (Lipinski definition) is 1. The van der Waals surface area contributed by atoms with E-state index in [-0.39, 0.29) is 0 Å². The molecule has 0 radical (unpaired) electrons. The molecule has 1 aromatic heterocycles. The summed E-state index contributed by atoms with van der Waals surface area (Å²) in [4.78, 5) is 4.28. The highest BCUT2D eigenvalue weighted by Crippen LogP contribution is 2.19. The average molecular weight is 232 g/mol. The lowest BCUT2D eigenvalue weighted by Crippen LogP contribution is -2.15. The molecular formula is C14H20N2O. The number of ether oxygens (including phenoxy) is 1. The van der Waals surface area contributed by atoms with Crippen molar-refractivity contribution in [3.05, 3.63) is 36.0 Å². The van der Waals surface area contributed by atoms with Crippen LogP contribution in [0.15, 0.2) is 30.5 Å². The van der Waals surface area contributed by atoms with Crippen LogP contribution in [0.1, 0.15) is 31.7 Å². The van der Waals surface area contributed by atoms with Crippen molar-refractivity contribution in [1.82, 2.24) is 10.3 Å². The lowest BCUT2D eigenvalue weighted by molar-refractivity contribution is 0.309. The molecule has 0 spiro atoms. The van der Waals surface area contributed by atoms with Crippen LogP contribution in [0.2, 0.25) is 0 Å². The second-order valence-electron chi connectivity index (χ2n) is 4.72. The molecule has 0 bridgehead atoms. The predicted octanol–water partition coefficient (Wildman–Crippen LogP) is 2.68. The van der Waals surface area contributed by atoms with Crippen LogP contribution in [0, 0.1) is 0 Å². The minimum Gasteiger partial charge on any atom is -0.477 e. The normalized spacial score (nSPS) is 14.6. The summed E-state index contributed by atoms with van der Waals surface area (Å²) >= 11 is 0. The van der Waals surface area contributed by atoms with Crippen LogP contribution < -0.4 is 10.1 Å². The van der Waals surface area contributed by atoms with E-state index in [2.05, 4.69) is 22.9 Å². The first kappa shape index (κ1) is 12.1. The van der Waals surface area contributed by atoms with Crippen LogP contribution in [-0.2, 0) is 6.54 Å². The van der Waals surface area contributed by atoms with Crippen molar-refractivity contribution in [3.8, 4) is 5.88 Å². The molecule has 1 saturated carbocycles. The van der Waals surface area contributed by atoms with Gasteiger partial charge in [-0.25, -0.2) is 4.98 Å². The number of nitrogens with one attached hydrogen (secondary N) is 1. The maximum atomic E-state index is 5.52. The fourth-order valence-electron chi connectivity index (χ4n) is 1.48. The van der Waals surface area contributed by atoms with Gasteiger partial charge in [-0.05, 0) is 25.3 Å². The summed E-state index contributed by atoms with van der Waals surface area (Å²) in [5.41, 5.74) is 2.35. The molecule has 3 heteroatoms. The molecule has 1 aliphatic carbocycles. The number of aromatic nitrogens is 1. The molecule has 3 nitrogen and oxygen atoms in total. The Balaban J connectivity index is 1.73. The van der Waals surface area contributed by atoms with Crippen molar-refractivity contribution in [1.29, 1.82) is 0 Å². The van der Waals surface area contributed by atoms with Crippen LogP contribution in [0.4, 0.5) is 0 Å². The van der Waals surface area contributed by atoms with Gasteiger partial charge >= 0.3 is 0 Å². The molecular weight excluding hydrogens is 212 g/mol. The predicted molar refractivity (Wildman–Crippen MR) is 69.0 cm³/mol. The van der Waals surface area contributed by atoms with Gasteiger partial charge in [0.2, 0.25) is 5.88 Å². The van der Waals surface area contributed by atoms with E-state index in [1.807, 2.05) is 19.2 Å². The molecule has 2 rings (SSSR count). The summed E-state index contributed by atoms with van der Waals surface area (Å²) in [6.07, 6.45) is 5.39. The molecule has 0 atom stereocenters. The lowest BCUT2D eigenvalue weighted by atomic mass is 10.2. The highest BCUT2D eigenvalue weighted by molar-refractivity contribution is 5.18.